The second kappa shape index (κ2) is 25.8. The molecule has 8 rings (SSSR count). The van der Waals surface area contributed by atoms with Crippen LogP contribution in [-0.4, -0.2) is 40.2 Å². The molecule has 6 aromatic carbocycles. The van der Waals surface area contributed by atoms with Crippen LogP contribution in [0.2, 0.25) is 0 Å². The Morgan fingerprint density at radius 3 is 1.20 bits per heavy atom. The van der Waals surface area contributed by atoms with E-state index in [9.17, 15) is 28.6 Å². The average molecular weight is 937 g/mol. The molecule has 0 saturated heterocycles. The largest absolute Gasteiger partial charge is 1.00 e. The second-order valence-corrected chi connectivity index (χ2v) is 16.8. The monoisotopic (exact) mass is 936 g/mol. The number of aromatic carboxylic acids is 2. The van der Waals surface area contributed by atoms with Gasteiger partial charge in [0.1, 0.15) is 23.1 Å². The minimum Gasteiger partial charge on any atom is -0.545 e. The maximum Gasteiger partial charge on any atom is 1.00 e. The summed E-state index contributed by atoms with van der Waals surface area (Å²) in [7, 11) is 0. The molecule has 1 N–H and O–H groups in total. The van der Waals surface area contributed by atoms with Crippen molar-refractivity contribution in [2.75, 3.05) is 13.2 Å². The number of rotatable bonds is 20. The molecule has 0 fully saturated rings. The molecule has 0 aliphatic rings. The SMILES string of the molecule is CCCCCCCOc1ccc(-c2ccc(-c3cc(C(=O)O)c4cc(F)ccc4n3)cc2)cc1.CCCCCCCOc1ccc(-c2ccc(-c3cc(C(=O)[O-])c4cc(F)ccc4n3)cc2)cc1.[Na+]. The van der Waals surface area contributed by atoms with Crippen molar-refractivity contribution in [1.29, 1.82) is 0 Å². The zero-order valence-electron chi connectivity index (χ0n) is 39.5. The summed E-state index contributed by atoms with van der Waals surface area (Å²) in [6.07, 6.45) is 12.1. The van der Waals surface area contributed by atoms with Crippen LogP contribution in [0.15, 0.2) is 146 Å². The molecular formula is C58H55F2N2NaO6. The summed E-state index contributed by atoms with van der Waals surface area (Å²) < 4.78 is 38.9. The van der Waals surface area contributed by atoms with E-state index in [4.69, 9.17) is 9.47 Å². The standard InChI is InChI=1S/2C29H28FNO3.Na/c2*1-2-3-4-5-6-17-34-24-14-11-21(12-15-24)20-7-9-22(10-8-20)28-19-26(29(32)33)25-18-23(30)13-16-27(25)31-28;/h2*7-16,18-19H,2-6,17H2,1H3,(H,32,33);/q;;+1/p-1. The first-order chi connectivity index (χ1) is 33.1. The Morgan fingerprint density at radius 2 is 0.826 bits per heavy atom. The third-order valence-electron chi connectivity index (χ3n) is 11.8. The van der Waals surface area contributed by atoms with Crippen molar-refractivity contribution >= 4 is 33.7 Å². The molecule has 0 atom stereocenters. The van der Waals surface area contributed by atoms with E-state index in [1.54, 1.807) is 0 Å². The van der Waals surface area contributed by atoms with Gasteiger partial charge in [0.25, 0.3) is 0 Å². The van der Waals surface area contributed by atoms with Gasteiger partial charge in [-0.3, -0.25) is 0 Å². The number of pyridine rings is 2. The van der Waals surface area contributed by atoms with Gasteiger partial charge in [-0.2, -0.15) is 0 Å². The second-order valence-electron chi connectivity index (χ2n) is 16.8. The molecule has 348 valence electrons. The van der Waals surface area contributed by atoms with Gasteiger partial charge >= 0.3 is 35.5 Å². The number of hydrogen-bond acceptors (Lipinski definition) is 7. The molecule has 8 nitrogen and oxygen atoms in total. The summed E-state index contributed by atoms with van der Waals surface area (Å²) in [6, 6.07) is 42.4. The number of carbonyl (C=O) groups excluding carboxylic acids is 1. The fourth-order valence-corrected chi connectivity index (χ4v) is 7.98. The van der Waals surface area contributed by atoms with Crippen molar-refractivity contribution in [2.24, 2.45) is 0 Å². The maximum atomic E-state index is 13.6. The Hall–Kier alpha value is -6.46. The number of hydrogen-bond donors (Lipinski definition) is 1. The van der Waals surface area contributed by atoms with E-state index in [1.807, 2.05) is 97.1 Å². The summed E-state index contributed by atoms with van der Waals surface area (Å²) in [6.45, 7) is 5.89. The third kappa shape index (κ3) is 14.3. The van der Waals surface area contributed by atoms with E-state index >= 15 is 0 Å². The predicted octanol–water partition coefficient (Wildman–Crippen LogP) is 11.2. The number of carboxylic acids is 2. The topological polar surface area (TPSA) is 122 Å². The molecular weight excluding hydrogens is 882 g/mol. The molecule has 11 heteroatoms. The minimum absolute atomic E-state index is 0. The van der Waals surface area contributed by atoms with Gasteiger partial charge in [-0.15, -0.1) is 0 Å². The normalized spacial score (nSPS) is 10.8. The molecule has 0 unspecified atom stereocenters. The van der Waals surface area contributed by atoms with Crippen molar-refractivity contribution in [3.63, 3.8) is 0 Å². The number of unbranched alkanes of at least 4 members (excludes halogenated alkanes) is 8. The van der Waals surface area contributed by atoms with Gasteiger partial charge < -0.3 is 24.5 Å². The van der Waals surface area contributed by atoms with Crippen LogP contribution in [0.25, 0.3) is 66.6 Å². The van der Waals surface area contributed by atoms with E-state index < -0.39 is 23.6 Å². The van der Waals surface area contributed by atoms with Gasteiger partial charge in [-0.1, -0.05) is 138 Å². The molecule has 69 heavy (non-hydrogen) atoms. The van der Waals surface area contributed by atoms with Crippen LogP contribution in [0.3, 0.4) is 0 Å². The fraction of sp³-hybridized carbons (Fsp3) is 0.241. The Balaban J connectivity index is 0.000000224. The summed E-state index contributed by atoms with van der Waals surface area (Å²) in [5.74, 6) is -1.75. The summed E-state index contributed by atoms with van der Waals surface area (Å²) in [4.78, 5) is 32.4. The number of benzene rings is 6. The van der Waals surface area contributed by atoms with Crippen LogP contribution in [0.5, 0.6) is 11.5 Å². The first-order valence-corrected chi connectivity index (χ1v) is 23.4. The van der Waals surface area contributed by atoms with Crippen molar-refractivity contribution in [1.82, 2.24) is 9.97 Å². The van der Waals surface area contributed by atoms with Crippen molar-refractivity contribution in [3.05, 3.63) is 168 Å². The Morgan fingerprint density at radius 1 is 0.478 bits per heavy atom. The Bertz CT molecular complexity index is 2740. The number of fused-ring (bicyclic) bond motifs is 2. The van der Waals surface area contributed by atoms with Gasteiger partial charge in [0.05, 0.1) is 47.2 Å². The van der Waals surface area contributed by atoms with Crippen LogP contribution in [0.4, 0.5) is 8.78 Å². The van der Waals surface area contributed by atoms with Gasteiger partial charge in [0.2, 0.25) is 0 Å². The first kappa shape index (κ1) is 51.9. The predicted molar refractivity (Wildman–Crippen MR) is 265 cm³/mol. The van der Waals surface area contributed by atoms with E-state index in [0.717, 1.165) is 70.9 Å². The van der Waals surface area contributed by atoms with Crippen molar-refractivity contribution in [3.8, 4) is 56.3 Å². The zero-order valence-corrected chi connectivity index (χ0v) is 41.5. The van der Waals surface area contributed by atoms with Gasteiger partial charge in [-0.05, 0) is 108 Å². The van der Waals surface area contributed by atoms with Gasteiger partial charge in [0, 0.05) is 27.5 Å². The Kier molecular flexibility index (Phi) is 19.4. The van der Waals surface area contributed by atoms with Crippen molar-refractivity contribution in [2.45, 2.75) is 78.1 Å². The van der Waals surface area contributed by atoms with Crippen LogP contribution in [0, 0.1) is 11.6 Å². The van der Waals surface area contributed by atoms with Crippen LogP contribution < -0.4 is 44.1 Å². The molecule has 2 aromatic heterocycles. The molecule has 2 heterocycles. The first-order valence-electron chi connectivity index (χ1n) is 23.4. The number of nitrogens with zero attached hydrogens (tertiary/aromatic N) is 2. The Labute approximate surface area is 424 Å². The average Bonchev–Trinajstić information content (AvgIpc) is 3.36. The summed E-state index contributed by atoms with van der Waals surface area (Å²) in [5.41, 5.74) is 7.57. The number of aromatic nitrogens is 2. The third-order valence-corrected chi connectivity index (χ3v) is 11.8. The smallest absolute Gasteiger partial charge is 0.545 e. The van der Waals surface area contributed by atoms with Crippen LogP contribution in [-0.2, 0) is 0 Å². The number of carbonyl (C=O) groups is 2. The molecule has 0 aliphatic carbocycles. The van der Waals surface area contributed by atoms with Gasteiger partial charge in [0.15, 0.2) is 0 Å². The zero-order chi connectivity index (χ0) is 47.8. The van der Waals surface area contributed by atoms with Crippen LogP contribution >= 0.6 is 0 Å². The summed E-state index contributed by atoms with van der Waals surface area (Å²) >= 11 is 0. The van der Waals surface area contributed by atoms with Crippen LogP contribution in [0.1, 0.15) is 98.8 Å². The molecule has 0 spiro atoms. The number of halogens is 2. The van der Waals surface area contributed by atoms with E-state index in [0.29, 0.717) is 22.4 Å². The minimum atomic E-state index is -1.36. The fourth-order valence-electron chi connectivity index (χ4n) is 7.98. The molecule has 0 radical (unpaired) electrons. The maximum absolute atomic E-state index is 13.6. The quantitative estimate of drug-likeness (QED) is 0.0592. The molecule has 0 bridgehead atoms. The van der Waals surface area contributed by atoms with E-state index in [1.165, 1.54) is 99.9 Å². The summed E-state index contributed by atoms with van der Waals surface area (Å²) in [5, 5.41) is 21.7. The van der Waals surface area contributed by atoms with E-state index in [-0.39, 0.29) is 51.5 Å². The molecule has 0 amide bonds. The number of carboxylic acid groups (broad SMARTS) is 2. The van der Waals surface area contributed by atoms with E-state index in [2.05, 4.69) is 23.8 Å². The molecule has 0 aliphatic heterocycles. The molecule has 0 saturated carbocycles. The number of ether oxygens (including phenoxy) is 2. The van der Waals surface area contributed by atoms with Gasteiger partial charge in [-0.25, -0.2) is 23.5 Å². The molecule has 8 aromatic rings. The van der Waals surface area contributed by atoms with Crippen molar-refractivity contribution < 1.29 is 67.6 Å².